The quantitative estimate of drug-likeness (QED) is 0.752. The van der Waals surface area contributed by atoms with Gasteiger partial charge in [-0.25, -0.2) is 0 Å². The Labute approximate surface area is 109 Å². The Morgan fingerprint density at radius 1 is 1.44 bits per heavy atom. The highest BCUT2D eigenvalue weighted by Gasteiger charge is 2.35. The van der Waals surface area contributed by atoms with Crippen LogP contribution in [0.2, 0.25) is 0 Å². The number of carbonyl (C=O) groups excluding carboxylic acids is 2. The number of rotatable bonds is 5. The van der Waals surface area contributed by atoms with Crippen LogP contribution in [0.25, 0.3) is 0 Å². The number of nitrogens with one attached hydrogen (secondary N) is 2. The number of hydrogen-bond donors (Lipinski definition) is 2. The minimum atomic E-state index is -0.562. The van der Waals surface area contributed by atoms with E-state index < -0.39 is 5.54 Å². The summed E-state index contributed by atoms with van der Waals surface area (Å²) < 4.78 is 0. The van der Waals surface area contributed by atoms with Crippen molar-refractivity contribution in [3.05, 3.63) is 0 Å². The predicted octanol–water partition coefficient (Wildman–Crippen LogP) is 0.502. The van der Waals surface area contributed by atoms with E-state index in [0.717, 1.165) is 19.4 Å². The van der Waals surface area contributed by atoms with Gasteiger partial charge in [-0.2, -0.15) is 0 Å². The zero-order chi connectivity index (χ0) is 13.8. The van der Waals surface area contributed by atoms with Gasteiger partial charge >= 0.3 is 0 Å². The smallest absolute Gasteiger partial charge is 0.242 e. The SMILES string of the molecule is CCC(CC)NC(=O)CN1CCNC(C)(C)C1=O. The zero-order valence-electron chi connectivity index (χ0n) is 11.9. The molecule has 1 saturated heterocycles. The van der Waals surface area contributed by atoms with Gasteiger partial charge in [0, 0.05) is 19.1 Å². The minimum absolute atomic E-state index is 0.00607. The van der Waals surface area contributed by atoms with Crippen molar-refractivity contribution in [2.45, 2.75) is 52.1 Å². The monoisotopic (exact) mass is 255 g/mol. The van der Waals surface area contributed by atoms with Gasteiger partial charge in [-0.1, -0.05) is 13.8 Å². The van der Waals surface area contributed by atoms with E-state index in [1.165, 1.54) is 0 Å². The molecule has 0 radical (unpaired) electrons. The second-order valence-corrected chi connectivity index (χ2v) is 5.36. The first kappa shape index (κ1) is 15.0. The summed E-state index contributed by atoms with van der Waals surface area (Å²) in [6.07, 6.45) is 1.84. The molecule has 0 saturated carbocycles. The molecule has 1 heterocycles. The molecule has 1 fully saturated rings. The largest absolute Gasteiger partial charge is 0.352 e. The molecule has 5 nitrogen and oxygen atoms in total. The molecular formula is C13H25N3O2. The Bertz CT molecular complexity index is 311. The molecule has 1 aliphatic heterocycles. The molecule has 0 bridgehead atoms. The minimum Gasteiger partial charge on any atom is -0.352 e. The lowest BCUT2D eigenvalue weighted by molar-refractivity contribution is -0.143. The Morgan fingerprint density at radius 2 is 2.06 bits per heavy atom. The topological polar surface area (TPSA) is 61.4 Å². The first-order chi connectivity index (χ1) is 8.40. The highest BCUT2D eigenvalue weighted by atomic mass is 16.2. The molecule has 104 valence electrons. The molecule has 5 heteroatoms. The summed E-state index contributed by atoms with van der Waals surface area (Å²) >= 11 is 0. The molecule has 0 aliphatic carbocycles. The van der Waals surface area contributed by atoms with Crippen molar-refractivity contribution in [3.8, 4) is 0 Å². The third-order valence-corrected chi connectivity index (χ3v) is 3.46. The molecule has 0 unspecified atom stereocenters. The summed E-state index contributed by atoms with van der Waals surface area (Å²) in [7, 11) is 0. The maximum absolute atomic E-state index is 12.1. The number of carbonyl (C=O) groups is 2. The highest BCUT2D eigenvalue weighted by Crippen LogP contribution is 2.11. The lowest BCUT2D eigenvalue weighted by atomic mass is 10.0. The standard InChI is InChI=1S/C13H25N3O2/c1-5-10(6-2)15-11(17)9-16-8-7-14-13(3,4)12(16)18/h10,14H,5-9H2,1-4H3,(H,15,17). The second-order valence-electron chi connectivity index (χ2n) is 5.36. The fraction of sp³-hybridized carbons (Fsp3) is 0.846. The normalized spacial score (nSPS) is 19.2. The van der Waals surface area contributed by atoms with Crippen molar-refractivity contribution in [1.29, 1.82) is 0 Å². The molecule has 1 aliphatic rings. The van der Waals surface area contributed by atoms with Crippen molar-refractivity contribution < 1.29 is 9.59 Å². The molecule has 0 spiro atoms. The second kappa shape index (κ2) is 6.18. The Balaban J connectivity index is 2.51. The third-order valence-electron chi connectivity index (χ3n) is 3.46. The summed E-state index contributed by atoms with van der Waals surface area (Å²) in [6, 6.07) is 0.212. The Hall–Kier alpha value is -1.10. The van der Waals surface area contributed by atoms with Crippen LogP contribution in [0.15, 0.2) is 0 Å². The van der Waals surface area contributed by atoms with Gasteiger partial charge in [-0.05, 0) is 26.7 Å². The number of hydrogen-bond acceptors (Lipinski definition) is 3. The van der Waals surface area contributed by atoms with Crippen LogP contribution in [0.3, 0.4) is 0 Å². The van der Waals surface area contributed by atoms with Crippen LogP contribution in [-0.4, -0.2) is 47.9 Å². The van der Waals surface area contributed by atoms with Gasteiger partial charge in [0.05, 0.1) is 12.1 Å². The fourth-order valence-corrected chi connectivity index (χ4v) is 2.17. The predicted molar refractivity (Wildman–Crippen MR) is 71.2 cm³/mol. The number of nitrogens with zero attached hydrogens (tertiary/aromatic N) is 1. The molecule has 2 amide bonds. The average molecular weight is 255 g/mol. The van der Waals surface area contributed by atoms with Crippen molar-refractivity contribution in [1.82, 2.24) is 15.5 Å². The van der Waals surface area contributed by atoms with E-state index in [4.69, 9.17) is 0 Å². The van der Waals surface area contributed by atoms with Crippen molar-refractivity contribution in [2.24, 2.45) is 0 Å². The summed E-state index contributed by atoms with van der Waals surface area (Å²) in [5.74, 6) is -0.0665. The number of amides is 2. The molecule has 0 aromatic carbocycles. The van der Waals surface area contributed by atoms with Crippen molar-refractivity contribution in [2.75, 3.05) is 19.6 Å². The molecule has 1 rings (SSSR count). The van der Waals surface area contributed by atoms with Crippen LogP contribution >= 0.6 is 0 Å². The molecular weight excluding hydrogens is 230 g/mol. The number of piperazine rings is 1. The first-order valence-electron chi connectivity index (χ1n) is 6.74. The molecule has 18 heavy (non-hydrogen) atoms. The molecule has 0 aromatic heterocycles. The van der Waals surface area contributed by atoms with Gasteiger partial charge < -0.3 is 15.5 Å². The highest BCUT2D eigenvalue weighted by molar-refractivity contribution is 5.90. The fourth-order valence-electron chi connectivity index (χ4n) is 2.17. The lowest BCUT2D eigenvalue weighted by Gasteiger charge is -2.37. The third kappa shape index (κ3) is 3.70. The summed E-state index contributed by atoms with van der Waals surface area (Å²) in [6.45, 7) is 9.29. The average Bonchev–Trinajstić information content (AvgIpc) is 2.32. The van der Waals surface area contributed by atoms with Gasteiger partial charge in [0.1, 0.15) is 0 Å². The molecule has 2 N–H and O–H groups in total. The van der Waals surface area contributed by atoms with E-state index in [1.54, 1.807) is 4.90 Å². The van der Waals surface area contributed by atoms with Gasteiger partial charge in [0.2, 0.25) is 11.8 Å². The van der Waals surface area contributed by atoms with Crippen LogP contribution in [0.1, 0.15) is 40.5 Å². The first-order valence-corrected chi connectivity index (χ1v) is 6.74. The summed E-state index contributed by atoms with van der Waals surface area (Å²) in [4.78, 5) is 25.6. The van der Waals surface area contributed by atoms with E-state index in [1.807, 2.05) is 27.7 Å². The summed E-state index contributed by atoms with van der Waals surface area (Å²) in [5, 5.41) is 6.11. The van der Waals surface area contributed by atoms with E-state index >= 15 is 0 Å². The van der Waals surface area contributed by atoms with Crippen LogP contribution < -0.4 is 10.6 Å². The van der Waals surface area contributed by atoms with Crippen LogP contribution in [-0.2, 0) is 9.59 Å². The van der Waals surface area contributed by atoms with Gasteiger partial charge in [0.15, 0.2) is 0 Å². The van der Waals surface area contributed by atoms with E-state index in [0.29, 0.717) is 6.54 Å². The molecule has 0 atom stereocenters. The van der Waals surface area contributed by atoms with Crippen molar-refractivity contribution in [3.63, 3.8) is 0 Å². The van der Waals surface area contributed by atoms with E-state index in [2.05, 4.69) is 10.6 Å². The van der Waals surface area contributed by atoms with E-state index in [9.17, 15) is 9.59 Å². The van der Waals surface area contributed by atoms with Gasteiger partial charge in [-0.15, -0.1) is 0 Å². The maximum Gasteiger partial charge on any atom is 0.242 e. The van der Waals surface area contributed by atoms with Crippen LogP contribution in [0.4, 0.5) is 0 Å². The van der Waals surface area contributed by atoms with Gasteiger partial charge in [-0.3, -0.25) is 9.59 Å². The van der Waals surface area contributed by atoms with Crippen LogP contribution in [0.5, 0.6) is 0 Å². The van der Waals surface area contributed by atoms with E-state index in [-0.39, 0.29) is 24.4 Å². The van der Waals surface area contributed by atoms with Gasteiger partial charge in [0.25, 0.3) is 0 Å². The Morgan fingerprint density at radius 3 is 2.61 bits per heavy atom. The lowest BCUT2D eigenvalue weighted by Crippen LogP contribution is -2.62. The maximum atomic E-state index is 12.1. The zero-order valence-corrected chi connectivity index (χ0v) is 11.9. The molecule has 0 aromatic rings. The van der Waals surface area contributed by atoms with Crippen molar-refractivity contribution >= 4 is 11.8 Å². The van der Waals surface area contributed by atoms with Crippen LogP contribution in [0, 0.1) is 0 Å². The summed E-state index contributed by atoms with van der Waals surface area (Å²) in [5.41, 5.74) is -0.562. The Kier molecular flexibility index (Phi) is 5.14.